The molecule has 4 rings (SSSR count). The molecule has 1 amide bonds. The Morgan fingerprint density at radius 1 is 1.21 bits per heavy atom. The summed E-state index contributed by atoms with van der Waals surface area (Å²) in [5, 5.41) is 14.8. The van der Waals surface area contributed by atoms with Crippen LogP contribution < -0.4 is 5.32 Å². The van der Waals surface area contributed by atoms with Gasteiger partial charge in [-0.05, 0) is 22.6 Å². The van der Waals surface area contributed by atoms with Gasteiger partial charge in [0.25, 0.3) is 0 Å². The molecule has 2 aromatic heterocycles. The number of carbonyl (C=O) groups is 1. The molecule has 1 fully saturated rings. The number of morpholine rings is 1. The maximum atomic E-state index is 12.3. The molecule has 0 unspecified atom stereocenters. The van der Waals surface area contributed by atoms with Crippen LogP contribution in [0.15, 0.2) is 24.3 Å². The second-order valence-corrected chi connectivity index (χ2v) is 6.81. The van der Waals surface area contributed by atoms with Crippen LogP contribution in [0.1, 0.15) is 18.1 Å². The normalized spacial score (nSPS) is 15.2. The van der Waals surface area contributed by atoms with Gasteiger partial charge in [0.2, 0.25) is 5.91 Å². The molecule has 1 saturated heterocycles. The van der Waals surface area contributed by atoms with Crippen molar-refractivity contribution in [3.05, 3.63) is 35.9 Å². The minimum Gasteiger partial charge on any atom is -0.379 e. The molecule has 0 bridgehead atoms. The lowest BCUT2D eigenvalue weighted by Crippen LogP contribution is -2.36. The van der Waals surface area contributed by atoms with E-state index in [0.717, 1.165) is 49.0 Å². The predicted molar refractivity (Wildman–Crippen MR) is 101 cm³/mol. The van der Waals surface area contributed by atoms with Crippen molar-refractivity contribution >= 4 is 16.9 Å². The Balaban J connectivity index is 1.29. The number of tetrazole rings is 1. The third kappa shape index (κ3) is 4.18. The van der Waals surface area contributed by atoms with Gasteiger partial charge in [-0.2, -0.15) is 0 Å². The minimum atomic E-state index is -0.0557. The van der Waals surface area contributed by atoms with E-state index in [0.29, 0.717) is 26.1 Å². The average Bonchev–Trinajstić information content (AvgIpc) is 3.30. The molecule has 10 heteroatoms. The molecule has 148 valence electrons. The van der Waals surface area contributed by atoms with Crippen LogP contribution in [-0.4, -0.2) is 66.9 Å². The van der Waals surface area contributed by atoms with Gasteiger partial charge in [0, 0.05) is 26.6 Å². The topological polar surface area (TPSA) is 103 Å². The highest BCUT2D eigenvalue weighted by molar-refractivity contribution is 5.77. The molecule has 28 heavy (non-hydrogen) atoms. The Morgan fingerprint density at radius 3 is 2.86 bits per heavy atom. The zero-order chi connectivity index (χ0) is 19.3. The maximum absolute atomic E-state index is 12.3. The van der Waals surface area contributed by atoms with E-state index >= 15 is 0 Å². The van der Waals surface area contributed by atoms with E-state index in [1.165, 1.54) is 0 Å². The van der Waals surface area contributed by atoms with Crippen molar-refractivity contribution in [1.29, 1.82) is 0 Å². The first kappa shape index (κ1) is 18.5. The molecule has 1 aliphatic rings. The van der Waals surface area contributed by atoms with Crippen LogP contribution >= 0.6 is 0 Å². The van der Waals surface area contributed by atoms with E-state index in [4.69, 9.17) is 4.74 Å². The molecule has 3 aromatic rings. The fourth-order valence-electron chi connectivity index (χ4n) is 3.30. The number of hydrogen-bond donors (Lipinski definition) is 1. The number of nitrogens with zero attached hydrogens (tertiary/aromatic N) is 7. The molecule has 10 nitrogen and oxygen atoms in total. The van der Waals surface area contributed by atoms with E-state index in [1.807, 2.05) is 35.9 Å². The van der Waals surface area contributed by atoms with Gasteiger partial charge in [0.1, 0.15) is 5.82 Å². The summed E-state index contributed by atoms with van der Waals surface area (Å²) in [5.74, 6) is 1.54. The fraction of sp³-hybridized carbons (Fsp3) is 0.500. The van der Waals surface area contributed by atoms with Gasteiger partial charge in [-0.15, -0.1) is 5.10 Å². The lowest BCUT2D eigenvalue weighted by atomic mass is 10.3. The highest BCUT2D eigenvalue weighted by Crippen LogP contribution is 2.14. The van der Waals surface area contributed by atoms with Gasteiger partial charge in [0.15, 0.2) is 5.82 Å². The number of benzene rings is 1. The number of amides is 1. The minimum absolute atomic E-state index is 0.0557. The summed E-state index contributed by atoms with van der Waals surface area (Å²) in [6.07, 6.45) is 0.311. The number of imidazole rings is 1. The predicted octanol–water partition coefficient (Wildman–Crippen LogP) is 0.0985. The molecule has 1 aromatic carbocycles. The highest BCUT2D eigenvalue weighted by atomic mass is 16.5. The summed E-state index contributed by atoms with van der Waals surface area (Å²) in [6.45, 7) is 4.69. The van der Waals surface area contributed by atoms with Crippen molar-refractivity contribution in [1.82, 2.24) is 40.0 Å². The van der Waals surface area contributed by atoms with Gasteiger partial charge in [-0.25, -0.2) is 9.67 Å². The molecule has 3 heterocycles. The first-order valence-corrected chi connectivity index (χ1v) is 9.43. The van der Waals surface area contributed by atoms with E-state index < -0.39 is 0 Å². The number of ether oxygens (including phenoxy) is 1. The van der Waals surface area contributed by atoms with E-state index in [9.17, 15) is 4.79 Å². The van der Waals surface area contributed by atoms with Crippen LogP contribution in [0.2, 0.25) is 0 Å². The van der Waals surface area contributed by atoms with Crippen molar-refractivity contribution < 1.29 is 9.53 Å². The highest BCUT2D eigenvalue weighted by Gasteiger charge is 2.16. The summed E-state index contributed by atoms with van der Waals surface area (Å²) in [4.78, 5) is 19.1. The summed E-state index contributed by atoms with van der Waals surface area (Å²) < 4.78 is 9.06. The van der Waals surface area contributed by atoms with E-state index in [-0.39, 0.29) is 5.91 Å². The van der Waals surface area contributed by atoms with Crippen LogP contribution in [0.3, 0.4) is 0 Å². The van der Waals surface area contributed by atoms with Crippen LogP contribution in [-0.2, 0) is 36.2 Å². The number of fused-ring (bicyclic) bond motifs is 1. The monoisotopic (exact) mass is 384 g/mol. The van der Waals surface area contributed by atoms with Gasteiger partial charge in [0.05, 0.1) is 43.9 Å². The number of hydrogen-bond acceptors (Lipinski definition) is 7. The van der Waals surface area contributed by atoms with Crippen LogP contribution in [0.5, 0.6) is 0 Å². The number of aromatic nitrogens is 6. The second kappa shape index (κ2) is 8.44. The van der Waals surface area contributed by atoms with Crippen molar-refractivity contribution in [2.45, 2.75) is 26.1 Å². The Kier molecular flexibility index (Phi) is 5.58. The molecule has 0 radical (unpaired) electrons. The Morgan fingerprint density at radius 2 is 2.04 bits per heavy atom. The Labute approximate surface area is 162 Å². The van der Waals surface area contributed by atoms with Crippen LogP contribution in [0, 0.1) is 0 Å². The van der Waals surface area contributed by atoms with Crippen molar-refractivity contribution in [3.63, 3.8) is 0 Å². The van der Waals surface area contributed by atoms with Crippen molar-refractivity contribution in [3.8, 4) is 0 Å². The summed E-state index contributed by atoms with van der Waals surface area (Å²) >= 11 is 0. The molecule has 1 N–H and O–H groups in total. The third-order valence-corrected chi connectivity index (χ3v) is 4.95. The molecule has 0 saturated carbocycles. The van der Waals surface area contributed by atoms with Crippen LogP contribution in [0.25, 0.3) is 11.0 Å². The zero-order valence-electron chi connectivity index (χ0n) is 15.9. The average molecular weight is 384 g/mol. The molecular formula is C18H24N8O2. The van der Waals surface area contributed by atoms with Gasteiger partial charge in [-0.3, -0.25) is 9.69 Å². The lowest BCUT2D eigenvalue weighted by Gasteiger charge is -2.25. The van der Waals surface area contributed by atoms with Crippen molar-refractivity contribution in [2.24, 2.45) is 7.05 Å². The van der Waals surface area contributed by atoms with Gasteiger partial charge in [-0.1, -0.05) is 12.1 Å². The molecule has 0 spiro atoms. The Bertz CT molecular complexity index is 944. The summed E-state index contributed by atoms with van der Waals surface area (Å²) in [7, 11) is 1.95. The van der Waals surface area contributed by atoms with E-state index in [1.54, 1.807) is 4.68 Å². The number of nitrogens with one attached hydrogen (secondary N) is 1. The molecular weight excluding hydrogens is 360 g/mol. The van der Waals surface area contributed by atoms with Crippen molar-refractivity contribution in [2.75, 3.05) is 26.3 Å². The van der Waals surface area contributed by atoms with Gasteiger partial charge < -0.3 is 14.6 Å². The summed E-state index contributed by atoms with van der Waals surface area (Å²) in [6, 6.07) is 7.92. The molecule has 1 aliphatic heterocycles. The SMILES string of the molecule is Cn1c(CNC(=O)CCn2nnnc2CN2CCOCC2)nc2ccccc21. The second-order valence-electron chi connectivity index (χ2n) is 6.81. The largest absolute Gasteiger partial charge is 0.379 e. The molecule has 0 aliphatic carbocycles. The standard InChI is InChI=1S/C18H24N8O2/c1-24-15-5-3-2-4-14(15)20-16(24)12-19-18(27)6-7-26-17(21-22-23-26)13-25-8-10-28-11-9-25/h2-5H,6-13H2,1H3,(H,19,27). The van der Waals surface area contributed by atoms with Crippen LogP contribution in [0.4, 0.5) is 0 Å². The number of aryl methyl sites for hydroxylation is 2. The fourth-order valence-corrected chi connectivity index (χ4v) is 3.30. The first-order valence-electron chi connectivity index (χ1n) is 9.43. The number of rotatable bonds is 7. The third-order valence-electron chi connectivity index (χ3n) is 4.95. The number of para-hydroxylation sites is 2. The quantitative estimate of drug-likeness (QED) is 0.616. The number of carbonyl (C=O) groups excluding carboxylic acids is 1. The van der Waals surface area contributed by atoms with E-state index in [2.05, 4.69) is 30.7 Å². The lowest BCUT2D eigenvalue weighted by molar-refractivity contribution is -0.121. The van der Waals surface area contributed by atoms with Gasteiger partial charge >= 0.3 is 0 Å². The summed E-state index contributed by atoms with van der Waals surface area (Å²) in [5.41, 5.74) is 1.98. The first-order chi connectivity index (χ1) is 13.7. The maximum Gasteiger partial charge on any atom is 0.222 e. The Hall–Kier alpha value is -2.85. The smallest absolute Gasteiger partial charge is 0.222 e. The zero-order valence-corrected chi connectivity index (χ0v) is 15.9. The molecule has 0 atom stereocenters.